The molecule has 0 unspecified atom stereocenters. The molecule has 0 aliphatic carbocycles. The van der Waals surface area contributed by atoms with Crippen molar-refractivity contribution in [3.63, 3.8) is 0 Å². The molecule has 0 saturated heterocycles. The Hall–Kier alpha value is 1.98. The Morgan fingerprint density at radius 1 is 1.14 bits per heavy atom. The third kappa shape index (κ3) is 72.6. The van der Waals surface area contributed by atoms with Gasteiger partial charge in [-0.25, -0.2) is 0 Å². The van der Waals surface area contributed by atoms with Gasteiger partial charge in [0.25, 0.3) is 0 Å². The Morgan fingerprint density at radius 2 is 1.14 bits per heavy atom. The fourth-order valence-electron chi connectivity index (χ4n) is 0. The molecule has 0 fully saturated rings. The van der Waals surface area contributed by atoms with Crippen molar-refractivity contribution >= 4 is 34.6 Å². The molecule has 0 saturated carbocycles. The van der Waals surface area contributed by atoms with Crippen molar-refractivity contribution in [1.82, 2.24) is 0 Å². The second kappa shape index (κ2) is 15.7. The van der Waals surface area contributed by atoms with Crippen LogP contribution in [0.25, 0.3) is 0 Å². The van der Waals surface area contributed by atoms with Crippen LogP contribution in [0.3, 0.4) is 0 Å². The van der Waals surface area contributed by atoms with E-state index in [0.717, 1.165) is 0 Å². The first kappa shape index (κ1) is 23.1. The van der Waals surface area contributed by atoms with E-state index in [2.05, 4.69) is 0 Å². The average molecular weight is 343 g/mol. The number of hydrogen-bond acceptors (Lipinski definition) is 3. The molecule has 0 atom stereocenters. The number of hydrogen-bond donors (Lipinski definition) is 3. The molecular formula is H6BCuLiO3Pb. The molecule has 0 aromatic heterocycles. The SMILES string of the molecule is OB(O)O.[Cu].[H-].[Li+].[PbH2]. The van der Waals surface area contributed by atoms with Gasteiger partial charge in [0.2, 0.25) is 0 Å². The van der Waals surface area contributed by atoms with Gasteiger partial charge in [-0.15, -0.1) is 0 Å². The van der Waals surface area contributed by atoms with E-state index in [0.29, 0.717) is 0 Å². The van der Waals surface area contributed by atoms with E-state index in [4.69, 9.17) is 15.1 Å². The summed E-state index contributed by atoms with van der Waals surface area (Å²) in [7, 11) is -2.17. The summed E-state index contributed by atoms with van der Waals surface area (Å²) in [5.41, 5.74) is 0. The summed E-state index contributed by atoms with van der Waals surface area (Å²) in [5, 5.41) is 21.5. The molecule has 0 heterocycles. The monoisotopic (exact) mass is 343 g/mol. The van der Waals surface area contributed by atoms with Crippen molar-refractivity contribution in [2.24, 2.45) is 0 Å². The van der Waals surface area contributed by atoms with Crippen LogP contribution >= 0.6 is 0 Å². The maximum atomic E-state index is 7.17. The first-order chi connectivity index (χ1) is 1.73. The van der Waals surface area contributed by atoms with Crippen LogP contribution in [-0.2, 0) is 17.1 Å². The quantitative estimate of drug-likeness (QED) is 0.384. The summed E-state index contributed by atoms with van der Waals surface area (Å²) < 4.78 is 0. The third-order valence-corrected chi connectivity index (χ3v) is 0. The Bertz CT molecular complexity index is 24.0. The Morgan fingerprint density at radius 3 is 1.14 bits per heavy atom. The second-order valence-corrected chi connectivity index (χ2v) is 0.346. The second-order valence-electron chi connectivity index (χ2n) is 0.346. The fourth-order valence-corrected chi connectivity index (χ4v) is 0. The zero-order valence-electron chi connectivity index (χ0n) is 4.93. The van der Waals surface area contributed by atoms with Crippen molar-refractivity contribution in [2.45, 2.75) is 0 Å². The average Bonchev–Trinajstić information content (AvgIpc) is 0.811. The predicted octanol–water partition coefficient (Wildman–Crippen LogP) is -5.85. The molecular weight excluding hydrogens is 336 g/mol. The van der Waals surface area contributed by atoms with Gasteiger partial charge in [-0.05, 0) is 0 Å². The fraction of sp³-hybridized carbons (Fsp3) is 0. The van der Waals surface area contributed by atoms with Crippen LogP contribution in [0.4, 0.5) is 0 Å². The molecule has 0 spiro atoms. The minimum atomic E-state index is -2.17. The molecule has 0 amide bonds. The molecule has 0 rings (SSSR count). The summed E-state index contributed by atoms with van der Waals surface area (Å²) >= 11 is 0. The van der Waals surface area contributed by atoms with Crippen LogP contribution in [-0.4, -0.2) is 49.7 Å². The predicted molar refractivity (Wildman–Crippen MR) is 22.1 cm³/mol. The van der Waals surface area contributed by atoms with Crippen molar-refractivity contribution in [1.29, 1.82) is 0 Å². The van der Waals surface area contributed by atoms with E-state index in [-0.39, 0.29) is 64.7 Å². The molecule has 0 aliphatic rings. The number of rotatable bonds is 0. The van der Waals surface area contributed by atoms with Gasteiger partial charge >= 0.3 is 53.5 Å². The molecule has 0 aromatic rings. The molecule has 3 radical (unpaired) electrons. The van der Waals surface area contributed by atoms with Gasteiger partial charge in [0.1, 0.15) is 0 Å². The van der Waals surface area contributed by atoms with E-state index >= 15 is 0 Å². The summed E-state index contributed by atoms with van der Waals surface area (Å²) in [6, 6.07) is 0. The van der Waals surface area contributed by atoms with Crippen molar-refractivity contribution in [2.75, 3.05) is 0 Å². The Kier molecular flexibility index (Phi) is 51.6. The first-order valence-electron chi connectivity index (χ1n) is 0.775. The molecule has 3 nitrogen and oxygen atoms in total. The summed E-state index contributed by atoms with van der Waals surface area (Å²) in [5.74, 6) is 0. The maximum absolute atomic E-state index is 7.17. The molecule has 43 valence electrons. The zero-order valence-corrected chi connectivity index (χ0v) is 10.4. The molecule has 0 aromatic carbocycles. The Balaban J connectivity index is -0.00000000750. The summed E-state index contributed by atoms with van der Waals surface area (Å²) in [6.45, 7) is 0. The van der Waals surface area contributed by atoms with Gasteiger partial charge in [0.05, 0.1) is 0 Å². The van der Waals surface area contributed by atoms with Crippen LogP contribution < -0.4 is 18.9 Å². The standard InChI is InChI=1S/BH3O3.Cu.Li.Pb.3H/c2-1(3)4;;;;;;/h2-4H;;;;;;/q;;+1;;;;-1. The van der Waals surface area contributed by atoms with Gasteiger partial charge in [-0.1, -0.05) is 0 Å². The molecule has 0 aliphatic heterocycles. The van der Waals surface area contributed by atoms with Crippen molar-refractivity contribution in [3.05, 3.63) is 0 Å². The van der Waals surface area contributed by atoms with E-state index in [1.54, 1.807) is 0 Å². The summed E-state index contributed by atoms with van der Waals surface area (Å²) in [6.07, 6.45) is 0. The van der Waals surface area contributed by atoms with E-state index in [9.17, 15) is 0 Å². The van der Waals surface area contributed by atoms with E-state index < -0.39 is 7.32 Å². The summed E-state index contributed by atoms with van der Waals surface area (Å²) in [4.78, 5) is 0. The molecule has 7 heteroatoms. The van der Waals surface area contributed by atoms with Gasteiger partial charge in [-0.2, -0.15) is 0 Å². The van der Waals surface area contributed by atoms with Crippen LogP contribution in [0.15, 0.2) is 0 Å². The van der Waals surface area contributed by atoms with Crippen molar-refractivity contribution < 1.29 is 52.4 Å². The van der Waals surface area contributed by atoms with E-state index in [1.807, 2.05) is 0 Å². The van der Waals surface area contributed by atoms with Gasteiger partial charge in [-0.3, -0.25) is 0 Å². The molecule has 0 bridgehead atoms. The molecule has 7 heavy (non-hydrogen) atoms. The van der Waals surface area contributed by atoms with Gasteiger partial charge in [0, 0.05) is 17.1 Å². The zero-order chi connectivity index (χ0) is 3.58. The van der Waals surface area contributed by atoms with Crippen LogP contribution in [0.1, 0.15) is 1.43 Å². The van der Waals surface area contributed by atoms with Gasteiger partial charge in [0.15, 0.2) is 0 Å². The topological polar surface area (TPSA) is 60.7 Å². The van der Waals surface area contributed by atoms with E-state index in [1.165, 1.54) is 0 Å². The van der Waals surface area contributed by atoms with Crippen LogP contribution in [0, 0.1) is 0 Å². The third-order valence-electron chi connectivity index (χ3n) is 0. The molecule has 3 N–H and O–H groups in total. The van der Waals surface area contributed by atoms with Gasteiger partial charge < -0.3 is 16.5 Å². The van der Waals surface area contributed by atoms with Crippen molar-refractivity contribution in [3.8, 4) is 0 Å². The Labute approximate surface area is 86.3 Å². The van der Waals surface area contributed by atoms with Crippen LogP contribution in [0.5, 0.6) is 0 Å². The first-order valence-corrected chi connectivity index (χ1v) is 0.775. The normalized spacial score (nSPS) is 3.86. The van der Waals surface area contributed by atoms with Crippen LogP contribution in [0.2, 0.25) is 0 Å². The minimum absolute atomic E-state index is 0.